The van der Waals surface area contributed by atoms with Crippen LogP contribution in [0.5, 0.6) is 0 Å². The summed E-state index contributed by atoms with van der Waals surface area (Å²) < 4.78 is 5.71. The Hall–Kier alpha value is -2.43. The van der Waals surface area contributed by atoms with E-state index in [1.807, 2.05) is 55.6 Å². The monoisotopic (exact) mass is 308 g/mol. The Labute approximate surface area is 136 Å². The molecular formula is C19H20N2O2. The van der Waals surface area contributed by atoms with Gasteiger partial charge >= 0.3 is 0 Å². The summed E-state index contributed by atoms with van der Waals surface area (Å²) in [6, 6.07) is 19.7. The molecule has 2 aromatic carbocycles. The van der Waals surface area contributed by atoms with Gasteiger partial charge in [-0.25, -0.2) is 4.98 Å². The van der Waals surface area contributed by atoms with Crippen molar-refractivity contribution in [2.45, 2.75) is 19.2 Å². The van der Waals surface area contributed by atoms with Crippen LogP contribution in [0.2, 0.25) is 0 Å². The van der Waals surface area contributed by atoms with Crippen LogP contribution in [-0.2, 0) is 13.1 Å². The maximum Gasteiger partial charge on any atom is 0.227 e. The Balaban J connectivity index is 1.63. The Morgan fingerprint density at radius 1 is 1.00 bits per heavy atom. The topological polar surface area (TPSA) is 49.5 Å². The first-order chi connectivity index (χ1) is 11.2. The molecule has 0 amide bonds. The molecular weight excluding hydrogens is 288 g/mol. The SMILES string of the molecule is CN(Cc1ccccc1)Cc1cnc([C@@H](O)c2ccccc2)o1. The maximum absolute atomic E-state index is 10.3. The highest BCUT2D eigenvalue weighted by Crippen LogP contribution is 2.21. The van der Waals surface area contributed by atoms with Crippen molar-refractivity contribution in [2.24, 2.45) is 0 Å². The Morgan fingerprint density at radius 3 is 2.35 bits per heavy atom. The number of nitrogens with zero attached hydrogens (tertiary/aromatic N) is 2. The summed E-state index contributed by atoms with van der Waals surface area (Å²) in [7, 11) is 2.03. The fourth-order valence-corrected chi connectivity index (χ4v) is 2.52. The van der Waals surface area contributed by atoms with Gasteiger partial charge in [0.1, 0.15) is 5.76 Å². The lowest BCUT2D eigenvalue weighted by atomic mass is 10.1. The lowest BCUT2D eigenvalue weighted by Gasteiger charge is -2.14. The van der Waals surface area contributed by atoms with Gasteiger partial charge in [-0.15, -0.1) is 0 Å². The summed E-state index contributed by atoms with van der Waals surface area (Å²) >= 11 is 0. The smallest absolute Gasteiger partial charge is 0.227 e. The molecule has 1 atom stereocenters. The lowest BCUT2D eigenvalue weighted by Crippen LogP contribution is -2.16. The van der Waals surface area contributed by atoms with Gasteiger partial charge in [0, 0.05) is 6.54 Å². The van der Waals surface area contributed by atoms with Crippen LogP contribution in [0.3, 0.4) is 0 Å². The fourth-order valence-electron chi connectivity index (χ4n) is 2.52. The minimum absolute atomic E-state index is 0.333. The highest BCUT2D eigenvalue weighted by molar-refractivity contribution is 5.22. The number of hydrogen-bond donors (Lipinski definition) is 1. The molecule has 0 unspecified atom stereocenters. The van der Waals surface area contributed by atoms with Crippen LogP contribution < -0.4 is 0 Å². The standard InChI is InChI=1S/C19H20N2O2/c1-21(13-15-8-4-2-5-9-15)14-17-12-20-19(23-17)18(22)16-10-6-3-7-11-16/h2-12,18,22H,13-14H2,1H3/t18-/m0/s1. The molecule has 0 saturated carbocycles. The van der Waals surface area contributed by atoms with Gasteiger partial charge in [0.05, 0.1) is 12.7 Å². The molecule has 0 aliphatic carbocycles. The zero-order valence-electron chi connectivity index (χ0n) is 13.1. The predicted octanol–water partition coefficient (Wildman–Crippen LogP) is 3.39. The van der Waals surface area contributed by atoms with E-state index in [4.69, 9.17) is 4.42 Å². The molecule has 0 aliphatic rings. The van der Waals surface area contributed by atoms with Crippen LogP contribution in [0.15, 0.2) is 71.3 Å². The summed E-state index contributed by atoms with van der Waals surface area (Å²) in [5, 5.41) is 10.3. The van der Waals surface area contributed by atoms with Crippen molar-refractivity contribution >= 4 is 0 Å². The third kappa shape index (κ3) is 4.06. The molecule has 1 N–H and O–H groups in total. The summed E-state index contributed by atoms with van der Waals surface area (Å²) in [6.07, 6.45) is 0.854. The molecule has 0 aliphatic heterocycles. The van der Waals surface area contributed by atoms with Crippen molar-refractivity contribution in [3.8, 4) is 0 Å². The lowest BCUT2D eigenvalue weighted by molar-refractivity contribution is 0.176. The van der Waals surface area contributed by atoms with E-state index in [2.05, 4.69) is 22.0 Å². The molecule has 1 heterocycles. The molecule has 1 aromatic heterocycles. The van der Waals surface area contributed by atoms with Crippen LogP contribution in [-0.4, -0.2) is 22.0 Å². The molecule has 0 bridgehead atoms. The summed E-state index contributed by atoms with van der Waals surface area (Å²) in [5.74, 6) is 1.08. The van der Waals surface area contributed by atoms with Gasteiger partial charge in [-0.3, -0.25) is 4.90 Å². The Bertz CT molecular complexity index is 725. The molecule has 23 heavy (non-hydrogen) atoms. The Morgan fingerprint density at radius 2 is 1.65 bits per heavy atom. The highest BCUT2D eigenvalue weighted by atomic mass is 16.4. The number of hydrogen-bond acceptors (Lipinski definition) is 4. The number of aliphatic hydroxyl groups is 1. The van der Waals surface area contributed by atoms with Crippen molar-refractivity contribution in [2.75, 3.05) is 7.05 Å². The van der Waals surface area contributed by atoms with Gasteiger partial charge in [-0.05, 0) is 18.2 Å². The second-order valence-corrected chi connectivity index (χ2v) is 5.64. The number of aliphatic hydroxyl groups excluding tert-OH is 1. The van der Waals surface area contributed by atoms with Gasteiger partial charge in [0.2, 0.25) is 5.89 Å². The summed E-state index contributed by atoms with van der Waals surface area (Å²) in [4.78, 5) is 6.36. The molecule has 0 fully saturated rings. The number of rotatable bonds is 6. The van der Waals surface area contributed by atoms with Gasteiger partial charge < -0.3 is 9.52 Å². The average Bonchev–Trinajstić information content (AvgIpc) is 3.04. The van der Waals surface area contributed by atoms with Crippen LogP contribution in [0.4, 0.5) is 0 Å². The number of benzene rings is 2. The van der Waals surface area contributed by atoms with Crippen LogP contribution in [0, 0.1) is 0 Å². The van der Waals surface area contributed by atoms with Gasteiger partial charge in [-0.1, -0.05) is 60.7 Å². The van der Waals surface area contributed by atoms with Gasteiger partial charge in [0.25, 0.3) is 0 Å². The van der Waals surface area contributed by atoms with E-state index in [0.717, 1.165) is 17.9 Å². The minimum Gasteiger partial charge on any atom is -0.441 e. The first-order valence-electron chi connectivity index (χ1n) is 7.62. The molecule has 0 spiro atoms. The number of aromatic nitrogens is 1. The van der Waals surface area contributed by atoms with E-state index in [1.165, 1.54) is 5.56 Å². The summed E-state index contributed by atoms with van der Waals surface area (Å²) in [5.41, 5.74) is 2.03. The van der Waals surface area contributed by atoms with Gasteiger partial charge in [0.15, 0.2) is 6.10 Å². The second kappa shape index (κ2) is 7.22. The maximum atomic E-state index is 10.3. The highest BCUT2D eigenvalue weighted by Gasteiger charge is 2.16. The van der Waals surface area contributed by atoms with E-state index in [9.17, 15) is 5.11 Å². The van der Waals surface area contributed by atoms with Crippen molar-refractivity contribution in [3.05, 3.63) is 89.6 Å². The van der Waals surface area contributed by atoms with Crippen LogP contribution >= 0.6 is 0 Å². The van der Waals surface area contributed by atoms with E-state index in [1.54, 1.807) is 6.20 Å². The van der Waals surface area contributed by atoms with Crippen molar-refractivity contribution in [3.63, 3.8) is 0 Å². The first-order valence-corrected chi connectivity index (χ1v) is 7.62. The van der Waals surface area contributed by atoms with Crippen LogP contribution in [0.25, 0.3) is 0 Å². The summed E-state index contributed by atoms with van der Waals surface area (Å²) in [6.45, 7) is 1.47. The molecule has 3 rings (SSSR count). The van der Waals surface area contributed by atoms with Crippen molar-refractivity contribution in [1.82, 2.24) is 9.88 Å². The van der Waals surface area contributed by atoms with E-state index in [-0.39, 0.29) is 0 Å². The zero-order valence-corrected chi connectivity index (χ0v) is 13.1. The largest absolute Gasteiger partial charge is 0.441 e. The second-order valence-electron chi connectivity index (χ2n) is 5.64. The zero-order chi connectivity index (χ0) is 16.1. The predicted molar refractivity (Wildman–Crippen MR) is 88.6 cm³/mol. The molecule has 4 heteroatoms. The van der Waals surface area contributed by atoms with Crippen molar-refractivity contribution in [1.29, 1.82) is 0 Å². The van der Waals surface area contributed by atoms with Crippen LogP contribution in [0.1, 0.15) is 28.9 Å². The average molecular weight is 308 g/mol. The third-order valence-corrected chi connectivity index (χ3v) is 3.64. The van der Waals surface area contributed by atoms with E-state index < -0.39 is 6.10 Å². The molecule has 3 aromatic rings. The van der Waals surface area contributed by atoms with Gasteiger partial charge in [-0.2, -0.15) is 0 Å². The molecule has 0 radical (unpaired) electrons. The molecule has 0 saturated heterocycles. The molecule has 4 nitrogen and oxygen atoms in total. The Kier molecular flexibility index (Phi) is 4.86. The third-order valence-electron chi connectivity index (χ3n) is 3.64. The number of oxazole rings is 1. The van der Waals surface area contributed by atoms with E-state index >= 15 is 0 Å². The first kappa shape index (κ1) is 15.5. The van der Waals surface area contributed by atoms with Crippen molar-refractivity contribution < 1.29 is 9.52 Å². The minimum atomic E-state index is -0.829. The molecule has 118 valence electrons. The normalized spacial score (nSPS) is 12.5. The quantitative estimate of drug-likeness (QED) is 0.758. The van der Waals surface area contributed by atoms with E-state index in [0.29, 0.717) is 12.4 Å². The fraction of sp³-hybridized carbons (Fsp3) is 0.211.